The molecule has 0 amide bonds. The van der Waals surface area contributed by atoms with Gasteiger partial charge in [-0.1, -0.05) is 18.2 Å². The van der Waals surface area contributed by atoms with Gasteiger partial charge in [0, 0.05) is 23.4 Å². The molecule has 2 aliphatic heterocycles. The van der Waals surface area contributed by atoms with E-state index in [1.54, 1.807) is 12.1 Å². The molecule has 112 valence electrons. The summed E-state index contributed by atoms with van der Waals surface area (Å²) >= 11 is 0. The first-order valence-electron chi connectivity index (χ1n) is 7.71. The fraction of sp³-hybridized carbons (Fsp3) is 0.471. The van der Waals surface area contributed by atoms with Crippen LogP contribution < -0.4 is 4.74 Å². The van der Waals surface area contributed by atoms with Crippen molar-refractivity contribution in [2.75, 3.05) is 6.54 Å². The van der Waals surface area contributed by atoms with Gasteiger partial charge in [-0.2, -0.15) is 5.26 Å². The molecule has 0 aromatic heterocycles. The van der Waals surface area contributed by atoms with Gasteiger partial charge in [-0.05, 0) is 24.5 Å². The lowest BCUT2D eigenvalue weighted by Gasteiger charge is -2.55. The van der Waals surface area contributed by atoms with Crippen molar-refractivity contribution in [1.82, 2.24) is 4.90 Å². The lowest BCUT2D eigenvalue weighted by Crippen LogP contribution is -2.64. The summed E-state index contributed by atoms with van der Waals surface area (Å²) < 4.78 is 6.04. The summed E-state index contributed by atoms with van der Waals surface area (Å²) in [5.41, 5.74) is 1.90. The van der Waals surface area contributed by atoms with Crippen molar-refractivity contribution < 1.29 is 14.9 Å². The van der Waals surface area contributed by atoms with E-state index < -0.39 is 6.10 Å². The van der Waals surface area contributed by atoms with Gasteiger partial charge in [-0.25, -0.2) is 0 Å². The van der Waals surface area contributed by atoms with Crippen LogP contribution in [0.2, 0.25) is 0 Å². The number of likely N-dealkylation sites (tertiary alicyclic amines) is 1. The Kier molecular flexibility index (Phi) is 2.12. The first kappa shape index (κ1) is 12.4. The van der Waals surface area contributed by atoms with Crippen LogP contribution in [0, 0.1) is 17.4 Å². The molecule has 2 heterocycles. The topological polar surface area (TPSA) is 76.7 Å². The molecule has 22 heavy (non-hydrogen) atoms. The zero-order chi connectivity index (χ0) is 15.1. The van der Waals surface area contributed by atoms with Crippen molar-refractivity contribution >= 4 is 0 Å². The van der Waals surface area contributed by atoms with Gasteiger partial charge < -0.3 is 19.8 Å². The molecule has 2 aliphatic carbocycles. The van der Waals surface area contributed by atoms with E-state index in [1.165, 1.54) is 0 Å². The number of piperidine rings is 1. The zero-order valence-corrected chi connectivity index (χ0v) is 11.9. The molecule has 0 saturated carbocycles. The number of nitrogens with zero attached hydrogens (tertiary/aromatic N) is 2. The summed E-state index contributed by atoms with van der Waals surface area (Å²) in [6, 6.07) is 3.71. The minimum Gasteiger partial charge on any atom is -0.504 e. The van der Waals surface area contributed by atoms with Gasteiger partial charge in [-0.3, -0.25) is 0 Å². The molecule has 1 spiro atoms. The molecule has 2 bridgehead atoms. The molecule has 5 heteroatoms. The Bertz CT molecular complexity index is 753. The van der Waals surface area contributed by atoms with E-state index in [1.807, 2.05) is 11.0 Å². The number of aromatic hydroxyl groups is 1. The molecule has 1 saturated heterocycles. The molecule has 0 radical (unpaired) electrons. The summed E-state index contributed by atoms with van der Waals surface area (Å²) in [4.78, 5) is 1.86. The number of aliphatic hydroxyl groups excluding tert-OH is 1. The molecule has 1 aromatic rings. The summed E-state index contributed by atoms with van der Waals surface area (Å²) in [6.45, 7) is 0.673. The average Bonchev–Trinajstić information content (AvgIpc) is 2.87. The third-order valence-corrected chi connectivity index (χ3v) is 6.00. The number of phenols is 1. The van der Waals surface area contributed by atoms with Crippen LogP contribution in [0.3, 0.4) is 0 Å². The van der Waals surface area contributed by atoms with Crippen LogP contribution in [0.1, 0.15) is 17.5 Å². The number of hydrogen-bond donors (Lipinski definition) is 2. The van der Waals surface area contributed by atoms with E-state index in [9.17, 15) is 15.5 Å². The molecule has 1 fully saturated rings. The standard InChI is InChI=1S/C17H16N2O3/c18-8-19-6-5-17-10-2-4-13(21)16(17)22-15-12(20)3-1-9(14(15)17)7-11(10)19/h1-4,10-11,13,16,20-21H,5-7H2/t10-,11+,13-,16-,17-/m0/s1. The van der Waals surface area contributed by atoms with E-state index in [-0.39, 0.29) is 29.2 Å². The smallest absolute Gasteiger partial charge is 0.179 e. The van der Waals surface area contributed by atoms with Crippen molar-refractivity contribution in [2.24, 2.45) is 5.92 Å². The van der Waals surface area contributed by atoms with E-state index >= 15 is 0 Å². The Morgan fingerprint density at radius 3 is 3.05 bits per heavy atom. The Labute approximate surface area is 128 Å². The quantitative estimate of drug-likeness (QED) is 0.553. The molecule has 5 atom stereocenters. The van der Waals surface area contributed by atoms with Crippen LogP contribution in [-0.2, 0) is 11.8 Å². The fourth-order valence-corrected chi connectivity index (χ4v) is 5.18. The van der Waals surface area contributed by atoms with Crippen molar-refractivity contribution in [3.8, 4) is 17.7 Å². The van der Waals surface area contributed by atoms with Crippen LogP contribution in [-0.4, -0.2) is 39.9 Å². The summed E-state index contributed by atoms with van der Waals surface area (Å²) in [6.07, 6.45) is 6.66. The normalized spacial score (nSPS) is 39.9. The maximum Gasteiger partial charge on any atom is 0.179 e. The fourth-order valence-electron chi connectivity index (χ4n) is 5.18. The first-order valence-corrected chi connectivity index (χ1v) is 7.71. The van der Waals surface area contributed by atoms with Gasteiger partial charge in [0.15, 0.2) is 17.7 Å². The lowest BCUT2D eigenvalue weighted by molar-refractivity contribution is -0.0388. The number of aliphatic hydroxyl groups is 1. The van der Waals surface area contributed by atoms with E-state index in [0.29, 0.717) is 12.3 Å². The van der Waals surface area contributed by atoms with E-state index in [4.69, 9.17) is 4.74 Å². The summed E-state index contributed by atoms with van der Waals surface area (Å²) in [7, 11) is 0. The molecule has 5 rings (SSSR count). The Morgan fingerprint density at radius 1 is 1.36 bits per heavy atom. The molecule has 1 aromatic carbocycles. The second-order valence-corrected chi connectivity index (χ2v) is 6.74. The van der Waals surface area contributed by atoms with Gasteiger partial charge >= 0.3 is 0 Å². The summed E-state index contributed by atoms with van der Waals surface area (Å²) in [5.74, 6) is 0.832. The van der Waals surface area contributed by atoms with Gasteiger partial charge in [0.05, 0.1) is 6.04 Å². The predicted molar refractivity (Wildman–Crippen MR) is 77.3 cm³/mol. The molecular weight excluding hydrogens is 280 g/mol. The number of nitriles is 1. The predicted octanol–water partition coefficient (Wildman–Crippen LogP) is 1.05. The minimum atomic E-state index is -0.678. The molecule has 5 nitrogen and oxygen atoms in total. The van der Waals surface area contributed by atoms with Gasteiger partial charge in [0.2, 0.25) is 0 Å². The largest absolute Gasteiger partial charge is 0.504 e. The number of hydrogen-bond acceptors (Lipinski definition) is 5. The Hall–Kier alpha value is -2.19. The molecule has 4 aliphatic rings. The Morgan fingerprint density at radius 2 is 2.23 bits per heavy atom. The van der Waals surface area contributed by atoms with Gasteiger partial charge in [0.1, 0.15) is 12.2 Å². The first-order chi connectivity index (χ1) is 10.7. The van der Waals surface area contributed by atoms with E-state index in [2.05, 4.69) is 12.3 Å². The third-order valence-electron chi connectivity index (χ3n) is 6.00. The average molecular weight is 296 g/mol. The highest BCUT2D eigenvalue weighted by Crippen LogP contribution is 2.62. The van der Waals surface area contributed by atoms with Crippen LogP contribution in [0.25, 0.3) is 0 Å². The maximum absolute atomic E-state index is 10.4. The number of ether oxygens (including phenoxy) is 1. The highest BCUT2D eigenvalue weighted by molar-refractivity contribution is 5.61. The van der Waals surface area contributed by atoms with Gasteiger partial charge in [-0.15, -0.1) is 0 Å². The lowest BCUT2D eigenvalue weighted by atomic mass is 9.53. The molecule has 2 N–H and O–H groups in total. The molecular formula is C17H16N2O3. The van der Waals surface area contributed by atoms with Gasteiger partial charge in [0.25, 0.3) is 0 Å². The molecule has 0 unspecified atom stereocenters. The number of rotatable bonds is 0. The third kappa shape index (κ3) is 1.16. The second kappa shape index (κ2) is 3.76. The maximum atomic E-state index is 10.4. The SMILES string of the molecule is N#CN1CC[C@]23c4c5ccc(O)c4O[C@H]2[C@@H](O)C=C[C@H]3[C@H]1C5. The van der Waals surface area contributed by atoms with Crippen molar-refractivity contribution in [3.05, 3.63) is 35.4 Å². The van der Waals surface area contributed by atoms with Crippen molar-refractivity contribution in [3.63, 3.8) is 0 Å². The number of phenolic OH excluding ortho intramolecular Hbond substituents is 1. The van der Waals surface area contributed by atoms with Crippen molar-refractivity contribution in [1.29, 1.82) is 5.26 Å². The van der Waals surface area contributed by atoms with Crippen LogP contribution in [0.4, 0.5) is 0 Å². The summed E-state index contributed by atoms with van der Waals surface area (Å²) in [5, 5.41) is 30.1. The second-order valence-electron chi connectivity index (χ2n) is 6.74. The monoisotopic (exact) mass is 296 g/mol. The number of benzene rings is 1. The van der Waals surface area contributed by atoms with Crippen LogP contribution >= 0.6 is 0 Å². The zero-order valence-electron chi connectivity index (χ0n) is 11.9. The minimum absolute atomic E-state index is 0.108. The Balaban J connectivity index is 1.82. The highest BCUT2D eigenvalue weighted by atomic mass is 16.5. The van der Waals surface area contributed by atoms with Crippen LogP contribution in [0.5, 0.6) is 11.5 Å². The van der Waals surface area contributed by atoms with E-state index in [0.717, 1.165) is 24.0 Å². The van der Waals surface area contributed by atoms with Crippen molar-refractivity contribution in [2.45, 2.75) is 36.5 Å². The highest BCUT2D eigenvalue weighted by Gasteiger charge is 2.64. The van der Waals surface area contributed by atoms with Crippen LogP contribution in [0.15, 0.2) is 24.3 Å².